The molecule has 5 heteroatoms. The summed E-state index contributed by atoms with van der Waals surface area (Å²) >= 11 is 0. The van der Waals surface area contributed by atoms with Gasteiger partial charge in [-0.25, -0.2) is 4.98 Å². The van der Waals surface area contributed by atoms with Crippen molar-refractivity contribution in [2.24, 2.45) is 0 Å². The monoisotopic (exact) mass is 275 g/mol. The summed E-state index contributed by atoms with van der Waals surface area (Å²) in [6.45, 7) is 5.00. The van der Waals surface area contributed by atoms with Crippen molar-refractivity contribution < 1.29 is 9.47 Å². The van der Waals surface area contributed by atoms with Crippen molar-refractivity contribution >= 4 is 0 Å². The molecule has 2 N–H and O–H groups in total. The highest BCUT2D eigenvalue weighted by atomic mass is 16.5. The van der Waals surface area contributed by atoms with Gasteiger partial charge in [-0.3, -0.25) is 0 Å². The Labute approximate surface area is 119 Å². The first-order valence-corrected chi connectivity index (χ1v) is 6.63. The first-order chi connectivity index (χ1) is 9.62. The van der Waals surface area contributed by atoms with Crippen LogP contribution in [0.4, 0.5) is 0 Å². The highest BCUT2D eigenvalue weighted by molar-refractivity contribution is 5.61. The van der Waals surface area contributed by atoms with Gasteiger partial charge in [-0.2, -0.15) is 0 Å². The second-order valence-electron chi connectivity index (χ2n) is 4.89. The zero-order valence-electron chi connectivity index (χ0n) is 12.4. The minimum Gasteiger partial charge on any atom is -0.497 e. The fraction of sp³-hybridized carbons (Fsp3) is 0.400. The lowest BCUT2D eigenvalue weighted by Crippen LogP contribution is -2.21. The first-order valence-electron chi connectivity index (χ1n) is 6.63. The van der Waals surface area contributed by atoms with Crippen LogP contribution < -0.4 is 14.8 Å². The summed E-state index contributed by atoms with van der Waals surface area (Å²) in [6, 6.07) is 6.15. The van der Waals surface area contributed by atoms with Gasteiger partial charge in [0.2, 0.25) is 0 Å². The van der Waals surface area contributed by atoms with E-state index in [4.69, 9.17) is 9.47 Å². The van der Waals surface area contributed by atoms with Gasteiger partial charge < -0.3 is 19.8 Å². The van der Waals surface area contributed by atoms with Gasteiger partial charge in [-0.05, 0) is 12.1 Å². The van der Waals surface area contributed by atoms with Crippen molar-refractivity contribution in [2.75, 3.05) is 14.2 Å². The third kappa shape index (κ3) is 3.51. The minimum absolute atomic E-state index is 0.443. The molecule has 0 amide bonds. The molecular formula is C15H21N3O2. The highest BCUT2D eigenvalue weighted by Crippen LogP contribution is 2.28. The standard InChI is InChI=1S/C15H21N3O2/c1-10(2)16-8-12-9-17-15(18-12)11-5-13(19-3)7-14(6-11)20-4/h5-7,9-10,16H,8H2,1-4H3,(H,17,18). The van der Waals surface area contributed by atoms with Crippen molar-refractivity contribution in [3.8, 4) is 22.9 Å². The van der Waals surface area contributed by atoms with Crippen LogP contribution in [0.3, 0.4) is 0 Å². The van der Waals surface area contributed by atoms with Crippen LogP contribution in [0, 0.1) is 0 Å². The van der Waals surface area contributed by atoms with E-state index in [0.717, 1.165) is 35.1 Å². The van der Waals surface area contributed by atoms with Gasteiger partial charge >= 0.3 is 0 Å². The van der Waals surface area contributed by atoms with Crippen LogP contribution >= 0.6 is 0 Å². The predicted octanol–water partition coefficient (Wildman–Crippen LogP) is 2.59. The van der Waals surface area contributed by atoms with E-state index in [1.54, 1.807) is 14.2 Å². The van der Waals surface area contributed by atoms with E-state index in [9.17, 15) is 0 Å². The number of H-pyrrole nitrogens is 1. The molecule has 1 aromatic carbocycles. The Morgan fingerprint density at radius 3 is 2.35 bits per heavy atom. The van der Waals surface area contributed by atoms with Gasteiger partial charge in [-0.15, -0.1) is 0 Å². The molecule has 0 radical (unpaired) electrons. The number of ether oxygens (including phenoxy) is 2. The highest BCUT2D eigenvalue weighted by Gasteiger charge is 2.08. The van der Waals surface area contributed by atoms with E-state index in [-0.39, 0.29) is 0 Å². The number of rotatable bonds is 6. The largest absolute Gasteiger partial charge is 0.497 e. The molecule has 0 unspecified atom stereocenters. The third-order valence-corrected chi connectivity index (χ3v) is 2.95. The average Bonchev–Trinajstić information content (AvgIpc) is 2.93. The molecule has 1 heterocycles. The molecule has 0 aliphatic carbocycles. The molecule has 0 atom stereocenters. The molecular weight excluding hydrogens is 254 g/mol. The Balaban J connectivity index is 2.22. The number of aromatic amines is 1. The van der Waals surface area contributed by atoms with Crippen LogP contribution in [-0.4, -0.2) is 30.2 Å². The van der Waals surface area contributed by atoms with Crippen LogP contribution in [0.5, 0.6) is 11.5 Å². The molecule has 20 heavy (non-hydrogen) atoms. The average molecular weight is 275 g/mol. The molecule has 0 saturated heterocycles. The number of methoxy groups -OCH3 is 2. The Bertz CT molecular complexity index is 542. The molecule has 5 nitrogen and oxygen atoms in total. The lowest BCUT2D eigenvalue weighted by Gasteiger charge is -2.07. The lowest BCUT2D eigenvalue weighted by atomic mass is 10.2. The Kier molecular flexibility index (Phi) is 4.63. The topological polar surface area (TPSA) is 59.2 Å². The summed E-state index contributed by atoms with van der Waals surface area (Å²) in [7, 11) is 3.28. The van der Waals surface area contributed by atoms with E-state index >= 15 is 0 Å². The van der Waals surface area contributed by atoms with Gasteiger partial charge in [0.15, 0.2) is 0 Å². The van der Waals surface area contributed by atoms with Gasteiger partial charge in [0.1, 0.15) is 17.3 Å². The zero-order valence-corrected chi connectivity index (χ0v) is 12.4. The zero-order chi connectivity index (χ0) is 14.5. The maximum Gasteiger partial charge on any atom is 0.137 e. The summed E-state index contributed by atoms with van der Waals surface area (Å²) in [5.41, 5.74) is 1.99. The SMILES string of the molecule is COc1cc(OC)cc(-c2ncc(CNC(C)C)[nH]2)c1. The minimum atomic E-state index is 0.443. The molecule has 0 bridgehead atoms. The quantitative estimate of drug-likeness (QED) is 0.850. The van der Waals surface area contributed by atoms with E-state index in [2.05, 4.69) is 29.1 Å². The molecule has 0 saturated carbocycles. The van der Waals surface area contributed by atoms with Gasteiger partial charge in [0, 0.05) is 36.1 Å². The normalized spacial score (nSPS) is 10.8. The molecule has 1 aromatic heterocycles. The van der Waals surface area contributed by atoms with Crippen molar-refractivity contribution in [1.82, 2.24) is 15.3 Å². The van der Waals surface area contributed by atoms with Crippen molar-refractivity contribution in [1.29, 1.82) is 0 Å². The fourth-order valence-corrected chi connectivity index (χ4v) is 1.85. The third-order valence-electron chi connectivity index (χ3n) is 2.95. The van der Waals surface area contributed by atoms with Crippen LogP contribution in [0.25, 0.3) is 11.4 Å². The maximum absolute atomic E-state index is 5.27. The Morgan fingerprint density at radius 1 is 1.15 bits per heavy atom. The van der Waals surface area contributed by atoms with Crippen LogP contribution in [0.15, 0.2) is 24.4 Å². The summed E-state index contributed by atoms with van der Waals surface area (Å²) in [4.78, 5) is 7.71. The van der Waals surface area contributed by atoms with Crippen LogP contribution in [0.2, 0.25) is 0 Å². The maximum atomic E-state index is 5.27. The Morgan fingerprint density at radius 2 is 1.80 bits per heavy atom. The van der Waals surface area contributed by atoms with E-state index in [1.807, 2.05) is 24.4 Å². The van der Waals surface area contributed by atoms with Gasteiger partial charge in [0.05, 0.1) is 14.2 Å². The second kappa shape index (κ2) is 6.43. The summed E-state index contributed by atoms with van der Waals surface area (Å²) in [6.07, 6.45) is 1.84. The van der Waals surface area contributed by atoms with Gasteiger partial charge in [0.25, 0.3) is 0 Å². The molecule has 0 aliphatic heterocycles. The number of nitrogens with one attached hydrogen (secondary N) is 2. The number of aromatic nitrogens is 2. The second-order valence-corrected chi connectivity index (χ2v) is 4.89. The smallest absolute Gasteiger partial charge is 0.137 e. The summed E-state index contributed by atoms with van der Waals surface area (Å²) < 4.78 is 10.5. The number of nitrogens with zero attached hydrogens (tertiary/aromatic N) is 1. The number of hydrogen-bond acceptors (Lipinski definition) is 4. The van der Waals surface area contributed by atoms with E-state index in [0.29, 0.717) is 6.04 Å². The predicted molar refractivity (Wildman–Crippen MR) is 79.1 cm³/mol. The fourth-order valence-electron chi connectivity index (χ4n) is 1.85. The molecule has 0 fully saturated rings. The van der Waals surface area contributed by atoms with Gasteiger partial charge in [-0.1, -0.05) is 13.8 Å². The number of hydrogen-bond donors (Lipinski definition) is 2. The van der Waals surface area contributed by atoms with Crippen LogP contribution in [0.1, 0.15) is 19.5 Å². The molecule has 108 valence electrons. The summed E-state index contributed by atoms with van der Waals surface area (Å²) in [5.74, 6) is 2.30. The first kappa shape index (κ1) is 14.4. The van der Waals surface area contributed by atoms with Crippen molar-refractivity contribution in [3.63, 3.8) is 0 Å². The molecule has 0 spiro atoms. The molecule has 0 aliphatic rings. The van der Waals surface area contributed by atoms with Crippen molar-refractivity contribution in [3.05, 3.63) is 30.1 Å². The Hall–Kier alpha value is -2.01. The van der Waals surface area contributed by atoms with E-state index in [1.165, 1.54) is 0 Å². The molecule has 2 rings (SSSR count). The lowest BCUT2D eigenvalue weighted by molar-refractivity contribution is 0.394. The van der Waals surface area contributed by atoms with Crippen molar-refractivity contribution in [2.45, 2.75) is 26.4 Å². The van der Waals surface area contributed by atoms with Crippen LogP contribution in [-0.2, 0) is 6.54 Å². The number of benzene rings is 1. The van der Waals surface area contributed by atoms with E-state index < -0.39 is 0 Å². The summed E-state index contributed by atoms with van der Waals surface area (Å²) in [5, 5.41) is 3.35. The molecule has 2 aromatic rings. The number of imidazole rings is 1.